The van der Waals surface area contributed by atoms with Crippen molar-refractivity contribution in [2.75, 3.05) is 26.7 Å². The van der Waals surface area contributed by atoms with Crippen LogP contribution in [0.5, 0.6) is 11.5 Å². The Morgan fingerprint density at radius 2 is 1.92 bits per heavy atom. The molecule has 2 aromatic carbocycles. The molecule has 1 aliphatic heterocycles. The number of hydrogen-bond acceptors (Lipinski definition) is 5. The average Bonchev–Trinajstić information content (AvgIpc) is 2.89. The SMILES string of the molecule is COc1ccc2nccc(CCCC3CCN(CC#Cc4ccc(OC(F)(F)F)cc4)CC3C(=O)O)c2c1. The number of carboxylic acid groups (broad SMARTS) is 1. The van der Waals surface area contributed by atoms with Gasteiger partial charge >= 0.3 is 12.3 Å². The number of carbonyl (C=O) groups is 1. The highest BCUT2D eigenvalue weighted by Crippen LogP contribution is 2.30. The Kier molecular flexibility index (Phi) is 8.74. The van der Waals surface area contributed by atoms with Crippen LogP contribution in [0.1, 0.15) is 30.4 Å². The van der Waals surface area contributed by atoms with E-state index >= 15 is 0 Å². The molecule has 2 heterocycles. The molecule has 4 rings (SSSR count). The first-order valence-electron chi connectivity index (χ1n) is 12.4. The molecule has 1 aliphatic rings. The van der Waals surface area contributed by atoms with Crippen LogP contribution in [0.4, 0.5) is 13.2 Å². The molecule has 1 aromatic heterocycles. The van der Waals surface area contributed by atoms with Gasteiger partial charge in [-0.25, -0.2) is 0 Å². The van der Waals surface area contributed by atoms with Gasteiger partial charge in [0.05, 0.1) is 25.1 Å². The van der Waals surface area contributed by atoms with Gasteiger partial charge in [-0.3, -0.25) is 14.7 Å². The Labute approximate surface area is 219 Å². The highest BCUT2D eigenvalue weighted by Gasteiger charge is 2.33. The number of methoxy groups -OCH3 is 1. The van der Waals surface area contributed by atoms with E-state index in [2.05, 4.69) is 21.6 Å². The summed E-state index contributed by atoms with van der Waals surface area (Å²) in [5.41, 5.74) is 2.64. The third-order valence-corrected chi connectivity index (χ3v) is 6.84. The van der Waals surface area contributed by atoms with Crippen LogP contribution in [0, 0.1) is 23.7 Å². The number of halogens is 3. The average molecular weight is 527 g/mol. The van der Waals surface area contributed by atoms with E-state index in [-0.39, 0.29) is 11.7 Å². The Balaban J connectivity index is 1.30. The molecule has 2 unspecified atom stereocenters. The first-order chi connectivity index (χ1) is 18.2. The lowest BCUT2D eigenvalue weighted by molar-refractivity contribution is -0.274. The number of pyridine rings is 1. The number of aryl methyl sites for hydroxylation is 1. The molecule has 0 saturated carbocycles. The van der Waals surface area contributed by atoms with Gasteiger partial charge in [-0.15, -0.1) is 13.2 Å². The van der Waals surface area contributed by atoms with Crippen molar-refractivity contribution in [1.29, 1.82) is 0 Å². The second-order valence-corrected chi connectivity index (χ2v) is 9.35. The molecule has 0 aliphatic carbocycles. The Morgan fingerprint density at radius 3 is 2.63 bits per heavy atom. The molecular formula is C29H29F3N2O4. The quantitative estimate of drug-likeness (QED) is 0.389. The lowest BCUT2D eigenvalue weighted by atomic mass is 9.81. The van der Waals surface area contributed by atoms with Crippen molar-refractivity contribution in [1.82, 2.24) is 9.88 Å². The van der Waals surface area contributed by atoms with Crippen LogP contribution < -0.4 is 9.47 Å². The third kappa shape index (κ3) is 7.39. The number of carboxylic acids is 1. The van der Waals surface area contributed by atoms with Crippen LogP contribution in [0.25, 0.3) is 10.9 Å². The molecule has 2 atom stereocenters. The zero-order valence-electron chi connectivity index (χ0n) is 21.0. The van der Waals surface area contributed by atoms with E-state index in [9.17, 15) is 23.1 Å². The van der Waals surface area contributed by atoms with Crippen LogP contribution in [0.3, 0.4) is 0 Å². The summed E-state index contributed by atoms with van der Waals surface area (Å²) < 4.78 is 46.1. The van der Waals surface area contributed by atoms with Crippen molar-refractivity contribution in [3.05, 3.63) is 65.9 Å². The maximum Gasteiger partial charge on any atom is 0.573 e. The molecule has 0 spiro atoms. The molecule has 38 heavy (non-hydrogen) atoms. The minimum absolute atomic E-state index is 0.0838. The summed E-state index contributed by atoms with van der Waals surface area (Å²) in [5.74, 6) is 5.22. The number of likely N-dealkylation sites (tertiary alicyclic amines) is 1. The summed E-state index contributed by atoms with van der Waals surface area (Å²) >= 11 is 0. The Bertz CT molecular complexity index is 1320. The number of piperidine rings is 1. The predicted octanol–water partition coefficient (Wildman–Crippen LogP) is 5.54. The second-order valence-electron chi connectivity index (χ2n) is 9.35. The van der Waals surface area contributed by atoms with Crippen molar-refractivity contribution in [3.8, 4) is 23.3 Å². The molecule has 0 radical (unpaired) electrons. The van der Waals surface area contributed by atoms with Crippen molar-refractivity contribution in [3.63, 3.8) is 0 Å². The number of ether oxygens (including phenoxy) is 2. The highest BCUT2D eigenvalue weighted by atomic mass is 19.4. The number of nitrogens with zero attached hydrogens (tertiary/aromatic N) is 2. The molecule has 1 saturated heterocycles. The number of fused-ring (bicyclic) bond motifs is 1. The number of aliphatic carboxylic acids is 1. The highest BCUT2D eigenvalue weighted by molar-refractivity contribution is 5.83. The lowest BCUT2D eigenvalue weighted by Gasteiger charge is -2.35. The van der Waals surface area contributed by atoms with Crippen molar-refractivity contribution in [2.24, 2.45) is 11.8 Å². The summed E-state index contributed by atoms with van der Waals surface area (Å²) in [7, 11) is 1.63. The maximum absolute atomic E-state index is 12.3. The largest absolute Gasteiger partial charge is 0.573 e. The first kappa shape index (κ1) is 27.3. The second kappa shape index (κ2) is 12.2. The number of alkyl halides is 3. The minimum atomic E-state index is -4.73. The summed E-state index contributed by atoms with van der Waals surface area (Å²) in [6.45, 7) is 1.56. The van der Waals surface area contributed by atoms with Gasteiger partial charge in [-0.2, -0.15) is 0 Å². The third-order valence-electron chi connectivity index (χ3n) is 6.84. The van der Waals surface area contributed by atoms with Crippen LogP contribution in [-0.2, 0) is 11.2 Å². The summed E-state index contributed by atoms with van der Waals surface area (Å²) in [5, 5.41) is 10.9. The van der Waals surface area contributed by atoms with Crippen molar-refractivity contribution in [2.45, 2.75) is 32.0 Å². The predicted molar refractivity (Wildman–Crippen MR) is 137 cm³/mol. The zero-order valence-corrected chi connectivity index (χ0v) is 21.0. The van der Waals surface area contributed by atoms with Crippen molar-refractivity contribution < 1.29 is 32.5 Å². The van der Waals surface area contributed by atoms with Crippen molar-refractivity contribution >= 4 is 16.9 Å². The topological polar surface area (TPSA) is 71.9 Å². The van der Waals surface area contributed by atoms with E-state index in [1.165, 1.54) is 29.8 Å². The van der Waals surface area contributed by atoms with Gasteiger partial charge in [0.25, 0.3) is 0 Å². The molecule has 6 nitrogen and oxygen atoms in total. The van der Waals surface area contributed by atoms with Crippen LogP contribution in [0.15, 0.2) is 54.7 Å². The minimum Gasteiger partial charge on any atom is -0.497 e. The molecule has 1 fully saturated rings. The van der Waals surface area contributed by atoms with E-state index in [4.69, 9.17) is 4.74 Å². The molecular weight excluding hydrogens is 497 g/mol. The molecule has 9 heteroatoms. The Hall–Kier alpha value is -3.77. The molecule has 0 amide bonds. The van der Waals surface area contributed by atoms with Gasteiger partial charge in [0.2, 0.25) is 0 Å². The summed E-state index contributed by atoms with van der Waals surface area (Å²) in [6.07, 6.45) is 0.356. The fraction of sp³-hybridized carbons (Fsp3) is 0.379. The van der Waals surface area contributed by atoms with E-state index in [1.807, 2.05) is 29.2 Å². The normalized spacial score (nSPS) is 18.0. The number of hydrogen-bond donors (Lipinski definition) is 1. The molecule has 200 valence electrons. The molecule has 1 N–H and O–H groups in total. The monoisotopic (exact) mass is 526 g/mol. The Morgan fingerprint density at radius 1 is 1.16 bits per heavy atom. The number of aromatic nitrogens is 1. The fourth-order valence-corrected chi connectivity index (χ4v) is 4.91. The lowest BCUT2D eigenvalue weighted by Crippen LogP contribution is -2.44. The van der Waals surface area contributed by atoms with E-state index < -0.39 is 18.2 Å². The van der Waals surface area contributed by atoms with E-state index in [0.717, 1.165) is 48.9 Å². The summed E-state index contributed by atoms with van der Waals surface area (Å²) in [4.78, 5) is 18.5. The van der Waals surface area contributed by atoms with Gasteiger partial charge in [0.1, 0.15) is 11.5 Å². The molecule has 3 aromatic rings. The smallest absolute Gasteiger partial charge is 0.497 e. The van der Waals surface area contributed by atoms with E-state index in [0.29, 0.717) is 18.7 Å². The van der Waals surface area contributed by atoms with Gasteiger partial charge in [-0.1, -0.05) is 11.8 Å². The zero-order chi connectivity index (χ0) is 27.1. The van der Waals surface area contributed by atoms with Gasteiger partial charge in [0, 0.05) is 23.7 Å². The molecule has 0 bridgehead atoms. The standard InChI is InChI=1S/C29H29F3N2O4/c1-37-24-11-12-27-25(18-24)21(13-15-33-27)5-2-6-22-14-17-34(19-26(22)28(35)36)16-3-4-20-7-9-23(10-8-20)38-29(30,31)32/h7-13,15,18,22,26H,2,5-6,14,16-17,19H2,1H3,(H,35,36). The van der Waals surface area contributed by atoms with Crippen LogP contribution in [-0.4, -0.2) is 54.1 Å². The fourth-order valence-electron chi connectivity index (χ4n) is 4.91. The first-order valence-corrected chi connectivity index (χ1v) is 12.4. The van der Waals surface area contributed by atoms with Gasteiger partial charge in [0.15, 0.2) is 0 Å². The van der Waals surface area contributed by atoms with Gasteiger partial charge in [-0.05, 0) is 92.2 Å². The number of rotatable bonds is 8. The van der Waals surface area contributed by atoms with E-state index in [1.54, 1.807) is 13.3 Å². The maximum atomic E-state index is 12.3. The number of benzene rings is 2. The van der Waals surface area contributed by atoms with Crippen LogP contribution in [0.2, 0.25) is 0 Å². The van der Waals surface area contributed by atoms with Gasteiger partial charge < -0.3 is 14.6 Å². The summed E-state index contributed by atoms with van der Waals surface area (Å²) in [6, 6.07) is 13.2. The van der Waals surface area contributed by atoms with Crippen LogP contribution >= 0.6 is 0 Å².